The Bertz CT molecular complexity index is 5710. The average Bonchev–Trinajstić information content (AvgIpc) is 0.933. The molecule has 114 heavy (non-hydrogen) atoms. The normalized spacial score (nSPS) is 22.7. The van der Waals surface area contributed by atoms with Crippen molar-refractivity contribution in [2.75, 3.05) is 7.11 Å². The molecule has 2 unspecified atom stereocenters. The van der Waals surface area contributed by atoms with E-state index in [4.69, 9.17) is 39.6 Å². The lowest BCUT2D eigenvalue weighted by atomic mass is 9.47. The topological polar surface area (TPSA) is 230 Å². The molecule has 0 saturated heterocycles. The minimum Gasteiger partial charge on any atom is -0.498 e. The molecule has 12 aromatic rings. The second-order valence-corrected chi connectivity index (χ2v) is 34.3. The molecule has 3 N–H and O–H groups in total. The molecule has 3 heterocycles. The van der Waals surface area contributed by atoms with Crippen molar-refractivity contribution in [2.45, 2.75) is 135 Å². The number of hydrogen-bond acceptors (Lipinski definition) is 10. The van der Waals surface area contributed by atoms with Gasteiger partial charge in [0.2, 0.25) is 0 Å². The number of carbonyl (C=O) groups is 6. The maximum absolute atomic E-state index is 13.5. The van der Waals surface area contributed by atoms with Gasteiger partial charge in [0.05, 0.1) is 89.3 Å². The van der Waals surface area contributed by atoms with Crippen molar-refractivity contribution in [1.29, 1.82) is 0 Å². The number of hydrogen-bond donors (Lipinski definition) is 3. The van der Waals surface area contributed by atoms with Crippen molar-refractivity contribution in [2.24, 2.45) is 51.8 Å². The molecule has 0 bridgehead atoms. The van der Waals surface area contributed by atoms with Crippen LogP contribution in [0.5, 0.6) is 5.75 Å². The number of carboxylic acids is 3. The fraction of sp³-hybridized carbons (Fsp3) is 0.326. The molecule has 6 aliphatic rings. The molecular formula is C95H89Cl2N7O10. The molecule has 578 valence electrons. The van der Waals surface area contributed by atoms with E-state index in [1.54, 1.807) is 37.7 Å². The van der Waals surface area contributed by atoms with Crippen molar-refractivity contribution in [3.05, 3.63) is 268 Å². The number of benzene rings is 9. The second-order valence-electron chi connectivity index (χ2n) is 33.5. The number of nitrogens with zero attached hydrogens (tertiary/aromatic N) is 7. The first-order valence-electron chi connectivity index (χ1n) is 39.5. The van der Waals surface area contributed by atoms with E-state index < -0.39 is 17.9 Å². The highest BCUT2D eigenvalue weighted by atomic mass is 35.5. The van der Waals surface area contributed by atoms with Crippen LogP contribution in [0, 0.1) is 58.3 Å². The smallest absolute Gasteiger partial charge is 0.306 e. The van der Waals surface area contributed by atoms with E-state index in [2.05, 4.69) is 119 Å². The molecular weight excluding hydrogens is 1470 g/mol. The van der Waals surface area contributed by atoms with Gasteiger partial charge in [-0.2, -0.15) is 15.3 Å². The molecule has 3 spiro atoms. The van der Waals surface area contributed by atoms with Gasteiger partial charge in [-0.25, -0.2) is 4.85 Å². The fourth-order valence-electron chi connectivity index (χ4n) is 20.1. The maximum Gasteiger partial charge on any atom is 0.306 e. The third-order valence-electron chi connectivity index (χ3n) is 25.7. The van der Waals surface area contributed by atoms with Crippen LogP contribution >= 0.6 is 23.2 Å². The quantitative estimate of drug-likeness (QED) is 0.0400. The summed E-state index contributed by atoms with van der Waals surface area (Å²) in [6, 6.07) is 64.0. The molecule has 2 atom stereocenters. The highest BCUT2D eigenvalue weighted by molar-refractivity contribution is 6.36. The number of carboxylic acid groups (broad SMARTS) is 3. The molecule has 6 saturated carbocycles. The summed E-state index contributed by atoms with van der Waals surface area (Å²) in [5.41, 5.74) is 15.4. The fourth-order valence-corrected chi connectivity index (χ4v) is 20.5. The SMILES string of the molecule is CC(c1ccc(-c2ccccc2)cc1)n1ncc2c(Cl)ccc(C(=O)CC3CC4(C3)CC(C(=O)O)C4)c21.O=C(O)CC1CC2(C1)CC(CC(=O)c1ccc(Cl)c3cnn(Cc4ccc(-c5ccccc5)cc4)c13)C2.[C-]#[N+]c1cc(OC)cc(-c2ccc(C(C)n3ncc4cccc(C(=O)CC5CC6(C5)CC(C(=O)O)C6)c43)cc2)c1. The summed E-state index contributed by atoms with van der Waals surface area (Å²) in [6.45, 7) is 12.1. The zero-order valence-electron chi connectivity index (χ0n) is 63.9. The summed E-state index contributed by atoms with van der Waals surface area (Å²) in [5.74, 6) is -0.193. The van der Waals surface area contributed by atoms with Crippen molar-refractivity contribution >= 4 is 96.9 Å². The van der Waals surface area contributed by atoms with Gasteiger partial charge in [0.15, 0.2) is 23.0 Å². The first kappa shape index (κ1) is 76.7. The first-order valence-corrected chi connectivity index (χ1v) is 40.3. The van der Waals surface area contributed by atoms with E-state index in [9.17, 15) is 39.0 Å². The zero-order chi connectivity index (χ0) is 79.3. The standard InChI is InChI=1S/C33H31N3O4.2C31H29ClN2O3/c1-20(22-7-9-23(10-8-22)25-12-27(34-2)14-28(13-25)40-3)36-31-24(19-35-36)5-4-6-29(31)30(37)11-21-15-33(16-21)17-26(18-33)32(38)39;1-19(21-7-9-23(10-8-21)22-5-3-2-4-6-22)34-29-25(11-12-27(32)26(29)18-33-34)28(35)13-20-14-31(15-20)16-24(17-31)30(36)37;32-27-11-10-25(28(35)12-21-14-31(15-21)16-22(17-31)13-29(36)37)30-26(27)18-33-34(30)19-20-6-8-24(9-7-20)23-4-2-1-3-5-23/h4-10,12-14,19-21,26H,11,15-18H2,1,3H3,(H,38,39);2-12,18-20,24H,13-17H2,1H3,(H,36,37);1-11,18,21-22H,12-17,19H2,(H,36,37). The number of aliphatic carboxylic acids is 3. The van der Waals surface area contributed by atoms with E-state index in [0.717, 1.165) is 149 Å². The highest BCUT2D eigenvalue weighted by Gasteiger charge is 2.57. The van der Waals surface area contributed by atoms with Gasteiger partial charge in [-0.1, -0.05) is 169 Å². The number of fused-ring (bicyclic) bond motifs is 3. The van der Waals surface area contributed by atoms with Crippen LogP contribution in [0.2, 0.25) is 10.0 Å². The number of Topliss-reactive ketones (excluding diaryl/α,β-unsaturated/α-hetero) is 3. The molecule has 19 heteroatoms. The van der Waals surface area contributed by atoms with Crippen LogP contribution in [-0.4, -0.2) is 87.0 Å². The lowest BCUT2D eigenvalue weighted by Crippen LogP contribution is -2.50. The monoisotopic (exact) mass is 1560 g/mol. The molecule has 6 fully saturated rings. The van der Waals surface area contributed by atoms with Crippen LogP contribution in [0.1, 0.15) is 176 Å². The lowest BCUT2D eigenvalue weighted by Gasteiger charge is -2.58. The van der Waals surface area contributed by atoms with Crippen LogP contribution in [0.25, 0.3) is 70.9 Å². The third-order valence-corrected chi connectivity index (χ3v) is 26.3. The Morgan fingerprint density at radius 1 is 0.456 bits per heavy atom. The lowest BCUT2D eigenvalue weighted by molar-refractivity contribution is -0.158. The minimum absolute atomic E-state index is 0.0813. The van der Waals surface area contributed by atoms with Gasteiger partial charge < -0.3 is 20.1 Å². The van der Waals surface area contributed by atoms with E-state index >= 15 is 0 Å². The molecule has 0 radical (unpaired) electrons. The van der Waals surface area contributed by atoms with Gasteiger partial charge in [-0.05, 0) is 229 Å². The maximum atomic E-state index is 13.5. The summed E-state index contributed by atoms with van der Waals surface area (Å²) < 4.78 is 11.1. The van der Waals surface area contributed by atoms with E-state index in [0.29, 0.717) is 87.7 Å². The summed E-state index contributed by atoms with van der Waals surface area (Å²) in [4.78, 5) is 77.3. The summed E-state index contributed by atoms with van der Waals surface area (Å²) >= 11 is 13.0. The van der Waals surface area contributed by atoms with Crippen LogP contribution in [0.15, 0.2) is 213 Å². The number of ketones is 3. The number of methoxy groups -OCH3 is 1. The van der Waals surface area contributed by atoms with Gasteiger partial charge in [-0.3, -0.25) is 42.8 Å². The molecule has 0 amide bonds. The van der Waals surface area contributed by atoms with E-state index in [1.165, 1.54) is 11.1 Å². The molecule has 6 aliphatic carbocycles. The molecule has 3 aromatic heterocycles. The Hall–Kier alpha value is -11.3. The number of halogens is 2. The largest absolute Gasteiger partial charge is 0.498 e. The van der Waals surface area contributed by atoms with E-state index in [-0.39, 0.29) is 63.9 Å². The van der Waals surface area contributed by atoms with Gasteiger partial charge in [0, 0.05) is 58.5 Å². The number of rotatable bonds is 23. The second kappa shape index (κ2) is 31.6. The van der Waals surface area contributed by atoms with Gasteiger partial charge >= 0.3 is 17.9 Å². The van der Waals surface area contributed by atoms with Crippen LogP contribution < -0.4 is 4.74 Å². The number of ether oxygens (including phenoxy) is 1. The van der Waals surface area contributed by atoms with Crippen molar-refractivity contribution < 1.29 is 48.8 Å². The van der Waals surface area contributed by atoms with E-state index in [1.807, 2.05) is 111 Å². The number of aromatic nitrogens is 6. The van der Waals surface area contributed by atoms with Gasteiger partial charge in [0.25, 0.3) is 0 Å². The minimum atomic E-state index is -0.707. The Balaban J connectivity index is 0.000000129. The van der Waals surface area contributed by atoms with Crippen LogP contribution in [-0.2, 0) is 20.9 Å². The molecule has 0 aliphatic heterocycles. The van der Waals surface area contributed by atoms with Crippen LogP contribution in [0.3, 0.4) is 0 Å². The molecule has 17 nitrogen and oxygen atoms in total. The van der Waals surface area contributed by atoms with Crippen molar-refractivity contribution in [1.82, 2.24) is 29.3 Å². The summed E-state index contributed by atoms with van der Waals surface area (Å²) in [6.07, 6.45) is 17.9. The third kappa shape index (κ3) is 15.5. The first-order chi connectivity index (χ1) is 55.0. The Morgan fingerprint density at radius 2 is 0.868 bits per heavy atom. The molecule has 9 aromatic carbocycles. The predicted octanol–water partition coefficient (Wildman–Crippen LogP) is 22.0. The van der Waals surface area contributed by atoms with Crippen molar-refractivity contribution in [3.63, 3.8) is 0 Å². The highest BCUT2D eigenvalue weighted by Crippen LogP contribution is 2.65. The predicted molar refractivity (Wildman–Crippen MR) is 442 cm³/mol. The Morgan fingerprint density at radius 3 is 1.34 bits per heavy atom. The van der Waals surface area contributed by atoms with Crippen molar-refractivity contribution in [3.8, 4) is 39.1 Å². The summed E-state index contributed by atoms with van der Waals surface area (Å²) in [7, 11) is 1.60. The van der Waals surface area contributed by atoms with Gasteiger partial charge in [-0.15, -0.1) is 0 Å². The van der Waals surface area contributed by atoms with Crippen LogP contribution in [0.4, 0.5) is 5.69 Å². The summed E-state index contributed by atoms with van der Waals surface area (Å²) in [5, 5.41) is 45.1. The Labute approximate surface area is 671 Å². The Kier molecular flexibility index (Phi) is 21.2. The van der Waals surface area contributed by atoms with Gasteiger partial charge in [0.1, 0.15) is 5.75 Å². The zero-order valence-corrected chi connectivity index (χ0v) is 65.4. The number of para-hydroxylation sites is 1. The average molecular weight is 1560 g/mol. The molecule has 18 rings (SSSR count). The number of carbonyl (C=O) groups excluding carboxylic acids is 3.